The number of nitrogens with zero attached hydrogens (tertiary/aromatic N) is 2. The predicted molar refractivity (Wildman–Crippen MR) is 63.3 cm³/mol. The molecule has 0 bridgehead atoms. The zero-order valence-corrected chi connectivity index (χ0v) is 10.5. The van der Waals surface area contributed by atoms with Crippen molar-refractivity contribution in [2.24, 2.45) is 11.7 Å². The van der Waals surface area contributed by atoms with Crippen molar-refractivity contribution >= 4 is 0 Å². The average molecular weight is 239 g/mol. The molecule has 1 aliphatic rings. The molecule has 5 nitrogen and oxygen atoms in total. The molecule has 96 valence electrons. The minimum absolute atomic E-state index is 0.341. The maximum absolute atomic E-state index is 9.38. The summed E-state index contributed by atoms with van der Waals surface area (Å²) in [5.41, 5.74) is 5.76. The molecule has 1 saturated carbocycles. The number of nitrogens with two attached hydrogens (primary N) is 1. The largest absolute Gasteiger partial charge is 0.391 e. The molecule has 2 rings (SSSR count). The third-order valence-electron chi connectivity index (χ3n) is 3.64. The van der Waals surface area contributed by atoms with Crippen LogP contribution >= 0.6 is 0 Å². The molecule has 0 unspecified atom stereocenters. The molecule has 1 aliphatic carbocycles. The number of aromatic nitrogens is 2. The van der Waals surface area contributed by atoms with Crippen LogP contribution in [0.25, 0.3) is 0 Å². The highest BCUT2D eigenvalue weighted by Crippen LogP contribution is 2.34. The Labute approximate surface area is 101 Å². The van der Waals surface area contributed by atoms with Crippen molar-refractivity contribution in [1.82, 2.24) is 10.1 Å². The summed E-state index contributed by atoms with van der Waals surface area (Å²) in [7, 11) is 0. The first kappa shape index (κ1) is 12.5. The Morgan fingerprint density at radius 1 is 1.35 bits per heavy atom. The van der Waals surface area contributed by atoms with E-state index in [0.717, 1.165) is 24.6 Å². The van der Waals surface area contributed by atoms with Crippen LogP contribution in [0.4, 0.5) is 0 Å². The Balaban J connectivity index is 2.03. The minimum atomic E-state index is -0.672. The van der Waals surface area contributed by atoms with E-state index in [2.05, 4.69) is 17.1 Å². The van der Waals surface area contributed by atoms with Crippen molar-refractivity contribution in [2.45, 2.75) is 57.6 Å². The van der Waals surface area contributed by atoms with Crippen LogP contribution in [0.5, 0.6) is 0 Å². The van der Waals surface area contributed by atoms with Crippen molar-refractivity contribution in [2.75, 3.05) is 0 Å². The van der Waals surface area contributed by atoms with E-state index in [0.29, 0.717) is 11.8 Å². The van der Waals surface area contributed by atoms with Gasteiger partial charge in [-0.3, -0.25) is 0 Å². The number of hydrogen-bond donors (Lipinski definition) is 2. The number of aliphatic hydroxyl groups excluding tert-OH is 1. The summed E-state index contributed by atoms with van der Waals surface area (Å²) in [6, 6.07) is -0.584. The lowest BCUT2D eigenvalue weighted by molar-refractivity contribution is 0.146. The Hall–Kier alpha value is -0.940. The minimum Gasteiger partial charge on any atom is -0.391 e. The Morgan fingerprint density at radius 2 is 2.00 bits per heavy atom. The molecule has 0 radical (unpaired) electrons. The van der Waals surface area contributed by atoms with E-state index in [1.165, 1.54) is 12.8 Å². The highest BCUT2D eigenvalue weighted by atomic mass is 16.5. The van der Waals surface area contributed by atoms with Gasteiger partial charge < -0.3 is 15.4 Å². The van der Waals surface area contributed by atoms with Gasteiger partial charge in [-0.1, -0.05) is 24.9 Å². The first-order valence-electron chi connectivity index (χ1n) is 6.35. The SMILES string of the molecule is CC1CCC(c2noc([C@@H](N)[C@@H](C)O)n2)CC1. The molecule has 0 aromatic carbocycles. The maximum atomic E-state index is 9.38. The lowest BCUT2D eigenvalue weighted by atomic mass is 9.83. The second-order valence-corrected chi connectivity index (χ2v) is 5.21. The fraction of sp³-hybridized carbons (Fsp3) is 0.833. The van der Waals surface area contributed by atoms with Crippen molar-refractivity contribution in [3.63, 3.8) is 0 Å². The van der Waals surface area contributed by atoms with Gasteiger partial charge in [-0.25, -0.2) is 0 Å². The van der Waals surface area contributed by atoms with Crippen molar-refractivity contribution in [3.05, 3.63) is 11.7 Å². The molecule has 5 heteroatoms. The normalized spacial score (nSPS) is 28.9. The smallest absolute Gasteiger partial charge is 0.246 e. The van der Waals surface area contributed by atoms with Gasteiger partial charge in [-0.2, -0.15) is 4.98 Å². The highest BCUT2D eigenvalue weighted by Gasteiger charge is 2.26. The summed E-state index contributed by atoms with van der Waals surface area (Å²) < 4.78 is 5.12. The molecular formula is C12H21N3O2. The van der Waals surface area contributed by atoms with E-state index in [-0.39, 0.29) is 0 Å². The standard InChI is InChI=1S/C12H21N3O2/c1-7-3-5-9(6-4-7)11-14-12(17-15-11)10(13)8(2)16/h7-10,16H,3-6,13H2,1-2H3/t7?,8-,9?,10+/m1/s1. The van der Waals surface area contributed by atoms with Crippen LogP contribution in [0.2, 0.25) is 0 Å². The number of aliphatic hydroxyl groups is 1. The lowest BCUT2D eigenvalue weighted by Gasteiger charge is -2.23. The molecule has 0 saturated heterocycles. The van der Waals surface area contributed by atoms with Gasteiger partial charge in [0.2, 0.25) is 5.89 Å². The Morgan fingerprint density at radius 3 is 2.59 bits per heavy atom. The van der Waals surface area contributed by atoms with Gasteiger partial charge >= 0.3 is 0 Å². The van der Waals surface area contributed by atoms with E-state index < -0.39 is 12.1 Å². The molecule has 0 aliphatic heterocycles. The summed E-state index contributed by atoms with van der Waals surface area (Å²) in [5, 5.41) is 13.4. The number of rotatable bonds is 3. The molecule has 1 fully saturated rings. The predicted octanol–water partition coefficient (Wildman–Crippen LogP) is 1.74. The fourth-order valence-corrected chi connectivity index (χ4v) is 2.27. The van der Waals surface area contributed by atoms with Crippen molar-refractivity contribution < 1.29 is 9.63 Å². The molecule has 17 heavy (non-hydrogen) atoms. The van der Waals surface area contributed by atoms with E-state index in [9.17, 15) is 5.11 Å². The van der Waals surface area contributed by atoms with E-state index >= 15 is 0 Å². The summed E-state index contributed by atoms with van der Waals surface area (Å²) >= 11 is 0. The van der Waals surface area contributed by atoms with Crippen LogP contribution in [-0.2, 0) is 0 Å². The second kappa shape index (κ2) is 5.14. The zero-order valence-electron chi connectivity index (χ0n) is 10.5. The van der Waals surface area contributed by atoms with Crippen LogP contribution in [0.3, 0.4) is 0 Å². The third-order valence-corrected chi connectivity index (χ3v) is 3.64. The highest BCUT2D eigenvalue weighted by molar-refractivity contribution is 5.00. The molecule has 1 aromatic heterocycles. The molecule has 3 N–H and O–H groups in total. The third kappa shape index (κ3) is 2.84. The number of hydrogen-bond acceptors (Lipinski definition) is 5. The van der Waals surface area contributed by atoms with Crippen molar-refractivity contribution in [1.29, 1.82) is 0 Å². The summed E-state index contributed by atoms with van der Waals surface area (Å²) in [4.78, 5) is 4.32. The topological polar surface area (TPSA) is 85.2 Å². The molecule has 0 amide bonds. The Bertz CT molecular complexity index is 356. The molecule has 1 aromatic rings. The van der Waals surface area contributed by atoms with E-state index in [4.69, 9.17) is 10.3 Å². The van der Waals surface area contributed by atoms with E-state index in [1.807, 2.05) is 0 Å². The van der Waals surface area contributed by atoms with Crippen LogP contribution in [0, 0.1) is 5.92 Å². The van der Waals surface area contributed by atoms with Gasteiger partial charge in [0.1, 0.15) is 6.04 Å². The van der Waals surface area contributed by atoms with E-state index in [1.54, 1.807) is 6.92 Å². The van der Waals surface area contributed by atoms with Crippen molar-refractivity contribution in [3.8, 4) is 0 Å². The zero-order chi connectivity index (χ0) is 12.4. The van der Waals surface area contributed by atoms with Gasteiger partial charge in [0, 0.05) is 5.92 Å². The monoisotopic (exact) mass is 239 g/mol. The fourth-order valence-electron chi connectivity index (χ4n) is 2.27. The molecular weight excluding hydrogens is 218 g/mol. The second-order valence-electron chi connectivity index (χ2n) is 5.21. The Kier molecular flexibility index (Phi) is 3.79. The van der Waals surface area contributed by atoms with Gasteiger partial charge in [-0.05, 0) is 25.7 Å². The quantitative estimate of drug-likeness (QED) is 0.839. The van der Waals surface area contributed by atoms with Gasteiger partial charge in [-0.15, -0.1) is 0 Å². The van der Waals surface area contributed by atoms with Crippen LogP contribution in [0.1, 0.15) is 63.2 Å². The van der Waals surface area contributed by atoms with Crippen LogP contribution < -0.4 is 5.73 Å². The van der Waals surface area contributed by atoms with Gasteiger partial charge in [0.25, 0.3) is 0 Å². The van der Waals surface area contributed by atoms with Gasteiger partial charge in [0.15, 0.2) is 5.82 Å². The summed E-state index contributed by atoms with van der Waals surface area (Å²) in [6.45, 7) is 3.90. The first-order valence-corrected chi connectivity index (χ1v) is 6.35. The molecule has 2 atom stereocenters. The van der Waals surface area contributed by atoms with Gasteiger partial charge in [0.05, 0.1) is 6.10 Å². The van der Waals surface area contributed by atoms with Crippen LogP contribution in [-0.4, -0.2) is 21.4 Å². The summed E-state index contributed by atoms with van der Waals surface area (Å²) in [5.74, 6) is 2.29. The molecule has 1 heterocycles. The average Bonchev–Trinajstić information content (AvgIpc) is 2.78. The first-order chi connectivity index (χ1) is 8.08. The summed E-state index contributed by atoms with van der Waals surface area (Å²) in [6.07, 6.45) is 4.00. The maximum Gasteiger partial charge on any atom is 0.246 e. The lowest BCUT2D eigenvalue weighted by Crippen LogP contribution is -2.23. The van der Waals surface area contributed by atoms with Crippen LogP contribution in [0.15, 0.2) is 4.52 Å². The molecule has 0 spiro atoms.